The molecule has 0 radical (unpaired) electrons. The molecule has 1 aliphatic heterocycles. The number of alkyl halides is 2. The lowest BCUT2D eigenvalue weighted by Gasteiger charge is -2.30. The molecule has 2 heterocycles. The summed E-state index contributed by atoms with van der Waals surface area (Å²) >= 11 is 1.28. The van der Waals surface area contributed by atoms with Crippen LogP contribution in [0.4, 0.5) is 8.78 Å². The molecule has 4 rings (SSSR count). The smallest absolute Gasteiger partial charge is 0.281 e. The van der Waals surface area contributed by atoms with Crippen LogP contribution in [-0.2, 0) is 11.2 Å². The van der Waals surface area contributed by atoms with E-state index < -0.39 is 18.4 Å². The van der Waals surface area contributed by atoms with Gasteiger partial charge in [-0.15, -0.1) is 0 Å². The number of thioether (sulfide) groups is 1. The number of nitrogens with two attached hydrogens (primary N) is 1. The Morgan fingerprint density at radius 2 is 2.05 bits per heavy atom. The van der Waals surface area contributed by atoms with Crippen molar-refractivity contribution in [3.05, 3.63) is 83.0 Å². The van der Waals surface area contributed by atoms with Crippen molar-refractivity contribution in [1.29, 1.82) is 5.26 Å². The summed E-state index contributed by atoms with van der Waals surface area (Å²) in [7, 11) is 4.76. The Kier molecular flexibility index (Phi) is 11.2. The Hall–Kier alpha value is -3.75. The van der Waals surface area contributed by atoms with Gasteiger partial charge in [0.2, 0.25) is 0 Å². The van der Waals surface area contributed by atoms with Gasteiger partial charge in [0.15, 0.2) is 5.17 Å². The molecule has 11 heteroatoms. The van der Waals surface area contributed by atoms with Gasteiger partial charge in [0, 0.05) is 30.6 Å². The van der Waals surface area contributed by atoms with Crippen LogP contribution in [0.3, 0.4) is 0 Å². The molecule has 1 fully saturated rings. The Bertz CT molecular complexity index is 1310. The normalized spacial score (nSPS) is 17.7. The molecule has 2 atom stereocenters. The van der Waals surface area contributed by atoms with Crippen LogP contribution in [-0.4, -0.2) is 60.0 Å². The molecule has 212 valence electrons. The number of pyridine rings is 1. The number of benzene rings is 1. The number of carbonyl (C=O) groups is 1. The number of allylic oxidation sites excluding steroid dienone is 1. The van der Waals surface area contributed by atoms with E-state index in [4.69, 9.17) is 15.7 Å². The first-order chi connectivity index (χ1) is 19.2. The van der Waals surface area contributed by atoms with E-state index in [9.17, 15) is 13.6 Å². The maximum absolute atomic E-state index is 13.6. The zero-order valence-electron chi connectivity index (χ0n) is 23.0. The van der Waals surface area contributed by atoms with E-state index in [-0.39, 0.29) is 22.5 Å². The third-order valence-corrected chi connectivity index (χ3v) is 7.56. The van der Waals surface area contributed by atoms with Gasteiger partial charge < -0.3 is 20.7 Å². The van der Waals surface area contributed by atoms with Gasteiger partial charge in [-0.05, 0) is 44.9 Å². The third kappa shape index (κ3) is 8.37. The molecule has 1 saturated carbocycles. The van der Waals surface area contributed by atoms with Crippen molar-refractivity contribution >= 4 is 28.4 Å². The standard InChI is InChI=1S/C22H26F2N6O2S.C7H8/c1-27-21(12-4-5-12)33-22(26)29-20(31)16-10-28-13(6-7-25)8-14(16)15-9-17(19(23)24)30(2)11-18(15)32-3;1-7-5-3-2-4-6-7/h8-12,17,19,21,27H,4-6H2,1-3H3,(H2,26,29,31);2-6H,1H3. The van der Waals surface area contributed by atoms with Crippen LogP contribution in [0, 0.1) is 24.2 Å². The van der Waals surface area contributed by atoms with Gasteiger partial charge in [0.1, 0.15) is 11.8 Å². The highest BCUT2D eigenvalue weighted by atomic mass is 32.2. The summed E-state index contributed by atoms with van der Waals surface area (Å²) in [6.07, 6.45) is 3.61. The van der Waals surface area contributed by atoms with Gasteiger partial charge in [-0.3, -0.25) is 9.78 Å². The Morgan fingerprint density at radius 3 is 2.58 bits per heavy atom. The van der Waals surface area contributed by atoms with Gasteiger partial charge in [0.05, 0.1) is 36.2 Å². The van der Waals surface area contributed by atoms with Gasteiger partial charge in [-0.25, -0.2) is 8.78 Å². The minimum atomic E-state index is -2.66. The number of hydrogen-bond acceptors (Lipinski definition) is 7. The average molecular weight is 569 g/mol. The Balaban J connectivity index is 0.000000547. The van der Waals surface area contributed by atoms with Crippen LogP contribution in [0.25, 0.3) is 5.57 Å². The van der Waals surface area contributed by atoms with E-state index in [1.54, 1.807) is 0 Å². The largest absolute Gasteiger partial charge is 0.495 e. The van der Waals surface area contributed by atoms with E-state index in [0.29, 0.717) is 28.5 Å². The van der Waals surface area contributed by atoms with Crippen LogP contribution >= 0.6 is 11.8 Å². The minimum Gasteiger partial charge on any atom is -0.495 e. The van der Waals surface area contributed by atoms with Crippen LogP contribution in [0.1, 0.15) is 40.0 Å². The topological polar surface area (TPSA) is 117 Å². The molecule has 40 heavy (non-hydrogen) atoms. The number of nitrogens with zero attached hydrogens (tertiary/aromatic N) is 4. The fourth-order valence-corrected chi connectivity index (χ4v) is 5.04. The highest BCUT2D eigenvalue weighted by Crippen LogP contribution is 2.37. The van der Waals surface area contributed by atoms with Gasteiger partial charge in [-0.1, -0.05) is 47.7 Å². The highest BCUT2D eigenvalue weighted by Gasteiger charge is 2.32. The number of halogens is 2. The van der Waals surface area contributed by atoms with Crippen molar-refractivity contribution in [2.75, 3.05) is 21.2 Å². The fraction of sp³-hybridized carbons (Fsp3) is 0.379. The van der Waals surface area contributed by atoms with E-state index >= 15 is 0 Å². The summed E-state index contributed by atoms with van der Waals surface area (Å²) in [5.41, 5.74) is 8.43. The van der Waals surface area contributed by atoms with Crippen molar-refractivity contribution in [3.63, 3.8) is 0 Å². The van der Waals surface area contributed by atoms with Crippen molar-refractivity contribution in [2.45, 2.75) is 44.0 Å². The number of aryl methyl sites for hydroxylation is 1. The summed E-state index contributed by atoms with van der Waals surface area (Å²) in [6, 6.07) is 12.6. The first-order valence-electron chi connectivity index (χ1n) is 12.8. The molecule has 1 aromatic carbocycles. The first-order valence-corrected chi connectivity index (χ1v) is 13.6. The van der Waals surface area contributed by atoms with Crippen LogP contribution in [0.5, 0.6) is 0 Å². The summed E-state index contributed by atoms with van der Waals surface area (Å²) in [5, 5.41) is 12.4. The molecular weight excluding hydrogens is 534 g/mol. The summed E-state index contributed by atoms with van der Waals surface area (Å²) in [4.78, 5) is 22.6. The first kappa shape index (κ1) is 30.8. The molecular formula is C29H34F2N6O2S. The maximum Gasteiger partial charge on any atom is 0.281 e. The quantitative estimate of drug-likeness (QED) is 0.267. The molecule has 2 aromatic rings. The average Bonchev–Trinajstić information content (AvgIpc) is 3.78. The van der Waals surface area contributed by atoms with Crippen molar-refractivity contribution in [3.8, 4) is 6.07 Å². The lowest BCUT2D eigenvalue weighted by molar-refractivity contribution is 0.0780. The van der Waals surface area contributed by atoms with Crippen LogP contribution in [0.15, 0.2) is 65.6 Å². The molecule has 3 N–H and O–H groups in total. The number of aliphatic imine (C=N–C) groups is 1. The molecule has 0 spiro atoms. The molecule has 2 aliphatic rings. The van der Waals surface area contributed by atoms with Crippen LogP contribution < -0.4 is 11.1 Å². The van der Waals surface area contributed by atoms with E-state index in [2.05, 4.69) is 34.3 Å². The number of amidine groups is 1. The lowest BCUT2D eigenvalue weighted by Crippen LogP contribution is -2.35. The molecule has 1 amide bonds. The van der Waals surface area contributed by atoms with Gasteiger partial charge >= 0.3 is 0 Å². The van der Waals surface area contributed by atoms with Gasteiger partial charge in [0.25, 0.3) is 12.3 Å². The number of aromatic nitrogens is 1. The van der Waals surface area contributed by atoms with Crippen LogP contribution in [0.2, 0.25) is 0 Å². The second kappa shape index (κ2) is 14.6. The van der Waals surface area contributed by atoms with Gasteiger partial charge in [-0.2, -0.15) is 10.3 Å². The fourth-order valence-electron chi connectivity index (χ4n) is 4.06. The molecule has 1 aromatic heterocycles. The van der Waals surface area contributed by atoms with E-state index in [1.807, 2.05) is 31.3 Å². The molecule has 0 bridgehead atoms. The van der Waals surface area contributed by atoms with E-state index in [1.165, 1.54) is 60.9 Å². The summed E-state index contributed by atoms with van der Waals surface area (Å²) in [6.45, 7) is 2.08. The Labute approximate surface area is 238 Å². The SMILES string of the molecule is CNC(SC(N)=NC(=O)c1cnc(CC#N)cc1C1=CC(C(F)F)N(C)C=C1OC)C1CC1.Cc1ccccc1. The number of rotatable bonds is 8. The molecule has 1 aliphatic carbocycles. The monoisotopic (exact) mass is 568 g/mol. The number of methoxy groups -OCH3 is 1. The molecule has 0 saturated heterocycles. The summed E-state index contributed by atoms with van der Waals surface area (Å²) < 4.78 is 32.7. The lowest BCUT2D eigenvalue weighted by atomic mass is 9.94. The number of nitrogens with one attached hydrogen (secondary N) is 1. The van der Waals surface area contributed by atoms with Crippen molar-refractivity contribution in [2.24, 2.45) is 16.6 Å². The maximum atomic E-state index is 13.6. The molecule has 8 nitrogen and oxygen atoms in total. The number of nitriles is 1. The number of ether oxygens (including phenoxy) is 1. The zero-order valence-corrected chi connectivity index (χ0v) is 23.8. The predicted molar refractivity (Wildman–Crippen MR) is 154 cm³/mol. The number of amides is 1. The predicted octanol–water partition coefficient (Wildman–Crippen LogP) is 4.74. The molecule has 2 unspecified atom stereocenters. The minimum absolute atomic E-state index is 0.00848. The zero-order chi connectivity index (χ0) is 29.2. The number of hydrogen-bond donors (Lipinski definition) is 2. The third-order valence-electron chi connectivity index (χ3n) is 6.35. The number of carbonyl (C=O) groups excluding carboxylic acids is 1. The summed E-state index contributed by atoms with van der Waals surface area (Å²) in [5.74, 6) is 0.129. The van der Waals surface area contributed by atoms with E-state index in [0.717, 1.165) is 12.8 Å². The number of likely N-dealkylation sites (N-methyl/N-ethyl adjacent to an activating group) is 1. The second-order valence-electron chi connectivity index (χ2n) is 9.40. The second-order valence-corrected chi connectivity index (χ2v) is 10.6. The van der Waals surface area contributed by atoms with Crippen molar-refractivity contribution < 1.29 is 18.3 Å². The Morgan fingerprint density at radius 1 is 1.35 bits per heavy atom. The van der Waals surface area contributed by atoms with Crippen molar-refractivity contribution in [1.82, 2.24) is 15.2 Å². The highest BCUT2D eigenvalue weighted by molar-refractivity contribution is 8.14.